The Morgan fingerprint density at radius 1 is 1.22 bits per heavy atom. The number of benzene rings is 1. The van der Waals surface area contributed by atoms with Gasteiger partial charge in [0, 0.05) is 6.92 Å². The van der Waals surface area contributed by atoms with Gasteiger partial charge in [0.2, 0.25) is 0 Å². The predicted molar refractivity (Wildman–Crippen MR) is 72.7 cm³/mol. The van der Waals surface area contributed by atoms with Crippen LogP contribution in [-0.4, -0.2) is 21.8 Å². The quantitative estimate of drug-likeness (QED) is 0.865. The van der Waals surface area contributed by atoms with E-state index in [0.717, 1.165) is 30.5 Å². The minimum atomic E-state index is -4.55. The van der Waals surface area contributed by atoms with Crippen molar-refractivity contribution in [2.24, 2.45) is 0 Å². The van der Waals surface area contributed by atoms with Crippen LogP contribution in [0.4, 0.5) is 13.2 Å². The number of rotatable bonds is 4. The molecule has 120 valence electrons. The summed E-state index contributed by atoms with van der Waals surface area (Å²) in [7, 11) is 0. The minimum Gasteiger partial charge on any atom is -0.478 e. The number of halogens is 3. The molecule has 0 unspecified atom stereocenters. The normalized spacial score (nSPS) is 11.1. The Morgan fingerprint density at radius 3 is 2.48 bits per heavy atom. The van der Waals surface area contributed by atoms with Crippen molar-refractivity contribution in [1.82, 2.24) is 4.98 Å². The van der Waals surface area contributed by atoms with Crippen molar-refractivity contribution in [1.29, 1.82) is 0 Å². The first-order chi connectivity index (χ1) is 10.7. The molecular weight excluding hydrogens is 315 g/mol. The summed E-state index contributed by atoms with van der Waals surface area (Å²) in [6, 6.07) is 5.00. The smallest absolute Gasteiger partial charge is 0.416 e. The number of carboxylic acids is 1. The molecule has 0 saturated heterocycles. The lowest BCUT2D eigenvalue weighted by Gasteiger charge is -2.11. The maximum atomic E-state index is 12.7. The lowest BCUT2D eigenvalue weighted by Crippen LogP contribution is -2.07. The van der Waals surface area contributed by atoms with E-state index in [1.807, 2.05) is 0 Å². The topological polar surface area (TPSA) is 76.5 Å². The third-order valence-corrected chi connectivity index (χ3v) is 2.85. The number of Topliss-reactive ketones (excluding diaryl/α,β-unsaturated/α-hetero) is 1. The highest BCUT2D eigenvalue weighted by atomic mass is 19.4. The van der Waals surface area contributed by atoms with E-state index in [9.17, 15) is 22.8 Å². The van der Waals surface area contributed by atoms with Gasteiger partial charge in [-0.2, -0.15) is 13.2 Å². The molecule has 0 radical (unpaired) electrons. The van der Waals surface area contributed by atoms with Crippen molar-refractivity contribution in [3.05, 3.63) is 53.3 Å². The fourth-order valence-corrected chi connectivity index (χ4v) is 1.75. The highest BCUT2D eigenvalue weighted by Crippen LogP contribution is 2.33. The van der Waals surface area contributed by atoms with E-state index in [4.69, 9.17) is 9.84 Å². The molecule has 2 rings (SSSR count). The van der Waals surface area contributed by atoms with Gasteiger partial charge in [-0.05, 0) is 24.3 Å². The Balaban J connectivity index is 2.40. The summed E-state index contributed by atoms with van der Waals surface area (Å²) in [5, 5.41) is 9.13. The number of ketones is 1. The lowest BCUT2D eigenvalue weighted by atomic mass is 10.1. The third-order valence-electron chi connectivity index (χ3n) is 2.85. The summed E-state index contributed by atoms with van der Waals surface area (Å²) in [5.74, 6) is -2.29. The van der Waals surface area contributed by atoms with Crippen LogP contribution >= 0.6 is 0 Å². The van der Waals surface area contributed by atoms with Crippen molar-refractivity contribution in [3.63, 3.8) is 0 Å². The van der Waals surface area contributed by atoms with Crippen LogP contribution in [0.2, 0.25) is 0 Å². The van der Waals surface area contributed by atoms with Gasteiger partial charge in [-0.25, -0.2) is 9.78 Å². The van der Waals surface area contributed by atoms with Crippen LogP contribution in [0.5, 0.6) is 11.5 Å². The molecule has 0 amide bonds. The number of carbonyl (C=O) groups excluding carboxylic acids is 1. The number of pyridine rings is 1. The number of alkyl halides is 3. The third kappa shape index (κ3) is 3.85. The van der Waals surface area contributed by atoms with Gasteiger partial charge >= 0.3 is 12.1 Å². The zero-order valence-electron chi connectivity index (χ0n) is 11.7. The molecule has 2 aromatic rings. The highest BCUT2D eigenvalue weighted by Gasteiger charge is 2.30. The predicted octanol–water partition coefficient (Wildman–Crippen LogP) is 3.79. The molecule has 1 aromatic carbocycles. The number of carbonyl (C=O) groups is 2. The van der Waals surface area contributed by atoms with Gasteiger partial charge in [-0.3, -0.25) is 4.79 Å². The monoisotopic (exact) mass is 325 g/mol. The molecule has 0 bridgehead atoms. The van der Waals surface area contributed by atoms with E-state index in [2.05, 4.69) is 4.98 Å². The second-order valence-corrected chi connectivity index (χ2v) is 4.55. The zero-order chi connectivity index (χ0) is 17.2. The molecule has 8 heteroatoms. The Morgan fingerprint density at radius 2 is 1.91 bits per heavy atom. The number of aromatic nitrogens is 1. The maximum absolute atomic E-state index is 12.7. The van der Waals surface area contributed by atoms with Gasteiger partial charge in [0.1, 0.15) is 17.0 Å². The number of carboxylic acid groups (broad SMARTS) is 1. The summed E-state index contributed by atoms with van der Waals surface area (Å²) in [4.78, 5) is 26.2. The van der Waals surface area contributed by atoms with Crippen LogP contribution in [0, 0.1) is 0 Å². The first kappa shape index (κ1) is 16.5. The molecule has 1 heterocycles. The van der Waals surface area contributed by atoms with E-state index in [1.54, 1.807) is 0 Å². The lowest BCUT2D eigenvalue weighted by molar-refractivity contribution is -0.137. The average molecular weight is 325 g/mol. The van der Waals surface area contributed by atoms with Gasteiger partial charge in [0.15, 0.2) is 11.5 Å². The fraction of sp³-hybridized carbons (Fsp3) is 0.133. The molecular formula is C15H10F3NO4. The Bertz CT molecular complexity index is 772. The second-order valence-electron chi connectivity index (χ2n) is 4.55. The van der Waals surface area contributed by atoms with Gasteiger partial charge < -0.3 is 9.84 Å². The van der Waals surface area contributed by atoms with Gasteiger partial charge in [0.05, 0.1) is 11.8 Å². The van der Waals surface area contributed by atoms with E-state index in [1.165, 1.54) is 13.0 Å². The largest absolute Gasteiger partial charge is 0.478 e. The molecule has 0 fully saturated rings. The summed E-state index contributed by atoms with van der Waals surface area (Å²) in [6.45, 7) is 1.21. The van der Waals surface area contributed by atoms with Crippen molar-refractivity contribution < 1.29 is 32.6 Å². The molecule has 0 spiro atoms. The van der Waals surface area contributed by atoms with E-state index in [0.29, 0.717) is 0 Å². The van der Waals surface area contributed by atoms with E-state index < -0.39 is 23.5 Å². The standard InChI is InChI=1S/C15H10F3NO4/c1-8(20)12-6-11(14(21)22)13(7-19-12)23-10-4-2-3-9(5-10)15(16,17)18/h2-7H,1H3,(H,21,22). The molecule has 1 N–H and O–H groups in total. The Hall–Kier alpha value is -2.90. The Labute approximate surface area is 128 Å². The number of aromatic carboxylic acids is 1. The highest BCUT2D eigenvalue weighted by molar-refractivity contribution is 5.97. The molecule has 0 saturated carbocycles. The van der Waals surface area contributed by atoms with Gasteiger partial charge in [-0.1, -0.05) is 6.07 Å². The summed E-state index contributed by atoms with van der Waals surface area (Å²) < 4.78 is 43.2. The van der Waals surface area contributed by atoms with Crippen molar-refractivity contribution in [2.75, 3.05) is 0 Å². The fourth-order valence-electron chi connectivity index (χ4n) is 1.75. The molecule has 0 aliphatic heterocycles. The van der Waals surface area contributed by atoms with E-state index >= 15 is 0 Å². The first-order valence-corrected chi connectivity index (χ1v) is 6.28. The van der Waals surface area contributed by atoms with Gasteiger partial charge in [0.25, 0.3) is 0 Å². The van der Waals surface area contributed by atoms with Crippen LogP contribution in [0.25, 0.3) is 0 Å². The van der Waals surface area contributed by atoms with Crippen LogP contribution in [-0.2, 0) is 6.18 Å². The zero-order valence-corrected chi connectivity index (χ0v) is 11.7. The van der Waals surface area contributed by atoms with Crippen molar-refractivity contribution >= 4 is 11.8 Å². The SMILES string of the molecule is CC(=O)c1cc(C(=O)O)c(Oc2cccc(C(F)(F)F)c2)cn1. The first-order valence-electron chi connectivity index (χ1n) is 6.28. The molecule has 1 aromatic heterocycles. The van der Waals surface area contributed by atoms with Gasteiger partial charge in [-0.15, -0.1) is 0 Å². The molecule has 0 atom stereocenters. The Kier molecular flexibility index (Phi) is 4.35. The summed E-state index contributed by atoms with van der Waals surface area (Å²) >= 11 is 0. The maximum Gasteiger partial charge on any atom is 0.416 e. The molecule has 0 aliphatic carbocycles. The second kappa shape index (κ2) is 6.07. The number of hydrogen-bond donors (Lipinski definition) is 1. The molecule has 5 nitrogen and oxygen atoms in total. The molecule has 0 aliphatic rings. The number of hydrogen-bond acceptors (Lipinski definition) is 4. The van der Waals surface area contributed by atoms with Crippen LogP contribution in [0.15, 0.2) is 36.5 Å². The van der Waals surface area contributed by atoms with Crippen LogP contribution in [0.3, 0.4) is 0 Å². The van der Waals surface area contributed by atoms with E-state index in [-0.39, 0.29) is 22.8 Å². The number of nitrogens with zero attached hydrogens (tertiary/aromatic N) is 1. The van der Waals surface area contributed by atoms with Crippen molar-refractivity contribution in [2.45, 2.75) is 13.1 Å². The minimum absolute atomic E-state index is 0.0845. The van der Waals surface area contributed by atoms with Crippen LogP contribution < -0.4 is 4.74 Å². The molecule has 23 heavy (non-hydrogen) atoms. The van der Waals surface area contributed by atoms with Crippen LogP contribution in [0.1, 0.15) is 33.3 Å². The summed E-state index contributed by atoms with van der Waals surface area (Å²) in [6.07, 6.45) is -3.56. The summed E-state index contributed by atoms with van der Waals surface area (Å²) in [5.41, 5.74) is -1.39. The van der Waals surface area contributed by atoms with Crippen molar-refractivity contribution in [3.8, 4) is 11.5 Å². The number of ether oxygens (including phenoxy) is 1. The average Bonchev–Trinajstić information content (AvgIpc) is 2.46.